The predicted molar refractivity (Wildman–Crippen MR) is 48.1 cm³/mol. The van der Waals surface area contributed by atoms with Gasteiger partial charge in [-0.1, -0.05) is 6.92 Å². The van der Waals surface area contributed by atoms with Crippen molar-refractivity contribution >= 4 is 5.91 Å². The van der Waals surface area contributed by atoms with Crippen molar-refractivity contribution in [3.63, 3.8) is 0 Å². The Morgan fingerprint density at radius 1 is 1.33 bits per heavy atom. The van der Waals surface area contributed by atoms with Crippen molar-refractivity contribution in [1.82, 2.24) is 4.90 Å². The van der Waals surface area contributed by atoms with E-state index in [1.54, 1.807) is 0 Å². The molecule has 1 saturated carbocycles. The minimum atomic E-state index is -4.72. The maximum Gasteiger partial charge on any atom is 0.471 e. The summed E-state index contributed by atoms with van der Waals surface area (Å²) in [6, 6.07) is 0. The van der Waals surface area contributed by atoms with Gasteiger partial charge in [-0.3, -0.25) is 4.79 Å². The van der Waals surface area contributed by atoms with Gasteiger partial charge in [-0.15, -0.1) is 0 Å². The quantitative estimate of drug-likeness (QED) is 0.614. The number of hydrogen-bond acceptors (Lipinski definition) is 1. The second kappa shape index (κ2) is 3.12. The Morgan fingerprint density at radius 3 is 2.40 bits per heavy atom. The van der Waals surface area contributed by atoms with E-state index in [-0.39, 0.29) is 12.5 Å². The highest BCUT2D eigenvalue weighted by Crippen LogP contribution is 2.50. The topological polar surface area (TPSA) is 20.3 Å². The predicted octanol–water partition coefficient (Wildman–Crippen LogP) is 2.34. The molecule has 0 N–H and O–H groups in total. The zero-order valence-electron chi connectivity index (χ0n) is 8.60. The van der Waals surface area contributed by atoms with Crippen LogP contribution in [0.25, 0.3) is 0 Å². The normalized spacial score (nSPS) is 29.3. The van der Waals surface area contributed by atoms with Crippen LogP contribution < -0.4 is 0 Å². The van der Waals surface area contributed by atoms with Crippen LogP contribution in [0.15, 0.2) is 0 Å². The van der Waals surface area contributed by atoms with E-state index in [2.05, 4.69) is 0 Å². The standard InChI is InChI=1S/C10H14F3NO/c1-7-2-3-9(4-5-9)14(6-7)8(15)10(11,12)13/h7H,2-6H2,1H3/t7-/m0/s1. The van der Waals surface area contributed by atoms with E-state index in [1.807, 2.05) is 6.92 Å². The van der Waals surface area contributed by atoms with E-state index in [0.717, 1.165) is 30.6 Å². The summed E-state index contributed by atoms with van der Waals surface area (Å²) in [6.45, 7) is 2.16. The summed E-state index contributed by atoms with van der Waals surface area (Å²) in [7, 11) is 0. The number of likely N-dealkylation sites (tertiary alicyclic amines) is 1. The number of hydrogen-bond donors (Lipinski definition) is 0. The van der Waals surface area contributed by atoms with Crippen molar-refractivity contribution in [2.24, 2.45) is 5.92 Å². The van der Waals surface area contributed by atoms with E-state index < -0.39 is 17.6 Å². The van der Waals surface area contributed by atoms with Crippen molar-refractivity contribution < 1.29 is 18.0 Å². The van der Waals surface area contributed by atoms with Gasteiger partial charge in [0.15, 0.2) is 0 Å². The first kappa shape index (κ1) is 10.8. The lowest BCUT2D eigenvalue weighted by Crippen LogP contribution is -2.52. The number of piperidine rings is 1. The average molecular weight is 221 g/mol. The summed E-state index contributed by atoms with van der Waals surface area (Å²) in [5, 5.41) is 0. The van der Waals surface area contributed by atoms with Crippen LogP contribution in [0.2, 0.25) is 0 Å². The van der Waals surface area contributed by atoms with Gasteiger partial charge in [-0.05, 0) is 31.6 Å². The molecule has 86 valence electrons. The zero-order chi connectivity index (χ0) is 11.3. The van der Waals surface area contributed by atoms with Gasteiger partial charge in [0.1, 0.15) is 0 Å². The molecular weight excluding hydrogens is 207 g/mol. The largest absolute Gasteiger partial charge is 0.471 e. The third-order valence-electron chi connectivity index (χ3n) is 3.48. The molecule has 2 rings (SSSR count). The molecule has 0 unspecified atom stereocenters. The summed E-state index contributed by atoms with van der Waals surface area (Å²) < 4.78 is 37.0. The van der Waals surface area contributed by atoms with Gasteiger partial charge in [0.05, 0.1) is 0 Å². The summed E-state index contributed by atoms with van der Waals surface area (Å²) in [5.74, 6) is -1.46. The number of alkyl halides is 3. The Labute approximate surface area is 86.4 Å². The van der Waals surface area contributed by atoms with Crippen LogP contribution in [0, 0.1) is 5.92 Å². The van der Waals surface area contributed by atoms with Crippen LogP contribution in [0.4, 0.5) is 13.2 Å². The molecule has 0 aromatic rings. The van der Waals surface area contributed by atoms with E-state index in [9.17, 15) is 18.0 Å². The summed E-state index contributed by atoms with van der Waals surface area (Å²) in [6.07, 6.45) is -1.58. The Morgan fingerprint density at radius 2 is 1.93 bits per heavy atom. The number of carbonyl (C=O) groups excluding carboxylic acids is 1. The number of halogens is 3. The van der Waals surface area contributed by atoms with Crippen molar-refractivity contribution in [3.8, 4) is 0 Å². The van der Waals surface area contributed by atoms with Gasteiger partial charge >= 0.3 is 12.1 Å². The first-order chi connectivity index (χ1) is 6.85. The number of amides is 1. The Bertz CT molecular complexity index is 283. The minimum absolute atomic E-state index is 0.183. The number of nitrogens with zero attached hydrogens (tertiary/aromatic N) is 1. The molecule has 1 amide bonds. The van der Waals surface area contributed by atoms with Crippen molar-refractivity contribution in [2.75, 3.05) is 6.54 Å². The molecule has 2 aliphatic rings. The SMILES string of the molecule is C[C@H]1CCC2(CC2)N(C(=O)C(F)(F)F)C1. The molecule has 0 aromatic carbocycles. The van der Waals surface area contributed by atoms with E-state index in [1.165, 1.54) is 0 Å². The molecule has 0 radical (unpaired) electrons. The van der Waals surface area contributed by atoms with Crippen molar-refractivity contribution in [3.05, 3.63) is 0 Å². The molecule has 0 bridgehead atoms. The molecule has 2 fully saturated rings. The minimum Gasteiger partial charge on any atom is -0.329 e. The molecule has 0 aromatic heterocycles. The average Bonchev–Trinajstić information content (AvgIpc) is 2.88. The van der Waals surface area contributed by atoms with Crippen LogP contribution in [-0.4, -0.2) is 29.1 Å². The molecule has 1 saturated heterocycles. The maximum atomic E-state index is 12.3. The summed E-state index contributed by atoms with van der Waals surface area (Å²) >= 11 is 0. The van der Waals surface area contributed by atoms with Gasteiger partial charge < -0.3 is 4.90 Å². The maximum absolute atomic E-state index is 12.3. The molecule has 2 nitrogen and oxygen atoms in total. The highest BCUT2D eigenvalue weighted by Gasteiger charge is 2.57. The molecule has 15 heavy (non-hydrogen) atoms. The van der Waals surface area contributed by atoms with Gasteiger partial charge in [-0.25, -0.2) is 0 Å². The molecule has 1 spiro atoms. The van der Waals surface area contributed by atoms with Gasteiger partial charge in [0.2, 0.25) is 0 Å². The lowest BCUT2D eigenvalue weighted by Gasteiger charge is -2.39. The third-order valence-corrected chi connectivity index (χ3v) is 3.48. The molecule has 1 aliphatic carbocycles. The van der Waals surface area contributed by atoms with Crippen molar-refractivity contribution in [2.45, 2.75) is 44.3 Å². The molecule has 5 heteroatoms. The Hall–Kier alpha value is -0.740. The van der Waals surface area contributed by atoms with E-state index in [4.69, 9.17) is 0 Å². The third kappa shape index (κ3) is 1.84. The second-order valence-corrected chi connectivity index (χ2v) is 4.78. The van der Waals surface area contributed by atoms with Gasteiger partial charge in [-0.2, -0.15) is 13.2 Å². The summed E-state index contributed by atoms with van der Waals surface area (Å²) in [5.41, 5.74) is -0.431. The summed E-state index contributed by atoms with van der Waals surface area (Å²) in [4.78, 5) is 12.3. The first-order valence-electron chi connectivity index (χ1n) is 5.24. The van der Waals surface area contributed by atoms with Gasteiger partial charge in [0, 0.05) is 12.1 Å². The molecule has 1 aliphatic heterocycles. The van der Waals surface area contributed by atoms with Crippen LogP contribution in [0.5, 0.6) is 0 Å². The molecular formula is C10H14F3NO. The molecule has 1 atom stereocenters. The van der Waals surface area contributed by atoms with E-state index in [0.29, 0.717) is 0 Å². The van der Waals surface area contributed by atoms with Crippen LogP contribution in [-0.2, 0) is 4.79 Å². The second-order valence-electron chi connectivity index (χ2n) is 4.78. The smallest absolute Gasteiger partial charge is 0.329 e. The number of rotatable bonds is 0. The highest BCUT2D eigenvalue weighted by atomic mass is 19.4. The monoisotopic (exact) mass is 221 g/mol. The fourth-order valence-corrected chi connectivity index (χ4v) is 2.36. The molecule has 1 heterocycles. The van der Waals surface area contributed by atoms with Gasteiger partial charge in [0.25, 0.3) is 0 Å². The van der Waals surface area contributed by atoms with Crippen LogP contribution >= 0.6 is 0 Å². The lowest BCUT2D eigenvalue weighted by molar-refractivity contribution is -0.191. The fourth-order valence-electron chi connectivity index (χ4n) is 2.36. The van der Waals surface area contributed by atoms with E-state index >= 15 is 0 Å². The van der Waals surface area contributed by atoms with Crippen LogP contribution in [0.3, 0.4) is 0 Å². The van der Waals surface area contributed by atoms with Crippen molar-refractivity contribution in [1.29, 1.82) is 0 Å². The Balaban J connectivity index is 2.15. The fraction of sp³-hybridized carbons (Fsp3) is 0.900. The number of carbonyl (C=O) groups is 1. The first-order valence-corrected chi connectivity index (χ1v) is 5.24. The highest BCUT2D eigenvalue weighted by molar-refractivity contribution is 5.83. The lowest BCUT2D eigenvalue weighted by atomic mass is 9.92. The zero-order valence-corrected chi connectivity index (χ0v) is 8.60. The Kier molecular flexibility index (Phi) is 2.24. The van der Waals surface area contributed by atoms with Crippen LogP contribution in [0.1, 0.15) is 32.6 Å².